The Morgan fingerprint density at radius 3 is 2.71 bits per heavy atom. The molecule has 5 heteroatoms. The van der Waals surface area contributed by atoms with E-state index in [1.165, 1.54) is 0 Å². The van der Waals surface area contributed by atoms with Crippen molar-refractivity contribution < 1.29 is 13.0 Å². The zero-order valence-corrected chi connectivity index (χ0v) is 8.12. The van der Waals surface area contributed by atoms with E-state index < -0.39 is 15.9 Å². The quantitative estimate of drug-likeness (QED) is 0.680. The zero-order chi connectivity index (χ0) is 10.2. The highest BCUT2D eigenvalue weighted by Gasteiger charge is 2.15. The summed E-state index contributed by atoms with van der Waals surface area (Å²) in [5.41, 5.74) is 2.18. The van der Waals surface area contributed by atoms with Crippen LogP contribution in [-0.4, -0.2) is 24.4 Å². The first-order valence-electron chi connectivity index (χ1n) is 4.12. The Kier molecular flexibility index (Phi) is 2.13. The molecule has 0 radical (unpaired) electrons. The van der Waals surface area contributed by atoms with Gasteiger partial charge in [-0.1, -0.05) is 18.2 Å². The molecule has 1 aromatic rings. The highest BCUT2D eigenvalue weighted by molar-refractivity contribution is 7.86. The number of rotatable bonds is 2. The van der Waals surface area contributed by atoms with Crippen molar-refractivity contribution in [3.63, 3.8) is 0 Å². The van der Waals surface area contributed by atoms with E-state index in [0.717, 1.165) is 11.3 Å². The van der Waals surface area contributed by atoms with E-state index in [4.69, 9.17) is 0 Å². The van der Waals surface area contributed by atoms with Gasteiger partial charge in [-0.05, 0) is 11.6 Å². The number of hydrogen-bond donors (Lipinski definition) is 0. The van der Waals surface area contributed by atoms with Gasteiger partial charge < -0.3 is 4.55 Å². The zero-order valence-electron chi connectivity index (χ0n) is 7.30. The molecule has 0 spiro atoms. The molecule has 4 nitrogen and oxygen atoms in total. The van der Waals surface area contributed by atoms with Crippen molar-refractivity contribution in [1.29, 1.82) is 0 Å². The number of para-hydroxylation sites is 1. The molecule has 0 fully saturated rings. The van der Waals surface area contributed by atoms with Crippen molar-refractivity contribution in [2.75, 3.05) is 5.75 Å². The first-order chi connectivity index (χ1) is 6.54. The second-order valence-corrected chi connectivity index (χ2v) is 4.59. The van der Waals surface area contributed by atoms with Gasteiger partial charge in [0.1, 0.15) is 10.1 Å². The summed E-state index contributed by atoms with van der Waals surface area (Å²) in [5, 5.41) is 0. The van der Waals surface area contributed by atoms with Crippen LogP contribution in [0.5, 0.6) is 0 Å². The summed E-state index contributed by atoms with van der Waals surface area (Å²) in [5.74, 6) is -0.484. The lowest BCUT2D eigenvalue weighted by atomic mass is 10.1. The van der Waals surface area contributed by atoms with E-state index in [9.17, 15) is 13.0 Å². The minimum absolute atomic E-state index is 0.432. The molecular formula is C9H8NO3S-. The standard InChI is InChI=1S/C9H9NO3S/c11-14(12,13)6-8-5-7-3-1-2-4-9(7)10-8/h1-4H,5-6H2,(H,11,12,13)/p-1. The van der Waals surface area contributed by atoms with Gasteiger partial charge >= 0.3 is 0 Å². The predicted octanol–water partition coefficient (Wildman–Crippen LogP) is 0.860. The highest BCUT2D eigenvalue weighted by atomic mass is 32.2. The van der Waals surface area contributed by atoms with Gasteiger partial charge in [0.2, 0.25) is 0 Å². The summed E-state index contributed by atoms with van der Waals surface area (Å²) in [4.78, 5) is 4.07. The van der Waals surface area contributed by atoms with Gasteiger partial charge in [-0.3, -0.25) is 4.99 Å². The maximum Gasteiger partial charge on any atom is 0.100 e. The first kappa shape index (κ1) is 9.36. The number of fused-ring (bicyclic) bond motifs is 1. The van der Waals surface area contributed by atoms with Crippen LogP contribution < -0.4 is 0 Å². The average Bonchev–Trinajstić information content (AvgIpc) is 2.42. The molecule has 1 aromatic carbocycles. The van der Waals surface area contributed by atoms with E-state index in [1.807, 2.05) is 18.2 Å². The molecule has 0 aromatic heterocycles. The Balaban J connectivity index is 2.24. The Morgan fingerprint density at radius 1 is 1.36 bits per heavy atom. The van der Waals surface area contributed by atoms with Crippen LogP contribution in [0.3, 0.4) is 0 Å². The molecule has 14 heavy (non-hydrogen) atoms. The fourth-order valence-corrected chi connectivity index (χ4v) is 2.06. The minimum atomic E-state index is -4.21. The van der Waals surface area contributed by atoms with Crippen LogP contribution in [0, 0.1) is 0 Å². The van der Waals surface area contributed by atoms with Gasteiger partial charge in [0.25, 0.3) is 0 Å². The molecule has 0 aliphatic carbocycles. The molecule has 0 saturated carbocycles. The molecule has 2 rings (SSSR count). The maximum absolute atomic E-state index is 10.5. The second-order valence-electron chi connectivity index (χ2n) is 3.19. The lowest BCUT2D eigenvalue weighted by Crippen LogP contribution is -2.14. The van der Waals surface area contributed by atoms with E-state index in [0.29, 0.717) is 12.1 Å². The average molecular weight is 210 g/mol. The minimum Gasteiger partial charge on any atom is -0.748 e. The van der Waals surface area contributed by atoms with Crippen molar-refractivity contribution in [2.45, 2.75) is 6.42 Å². The fraction of sp³-hybridized carbons (Fsp3) is 0.222. The van der Waals surface area contributed by atoms with Crippen molar-refractivity contribution in [1.82, 2.24) is 0 Å². The van der Waals surface area contributed by atoms with Crippen LogP contribution >= 0.6 is 0 Å². The molecule has 0 unspecified atom stereocenters. The van der Waals surface area contributed by atoms with Crippen LogP contribution in [0.1, 0.15) is 5.56 Å². The lowest BCUT2D eigenvalue weighted by Gasteiger charge is -2.04. The summed E-state index contributed by atoms with van der Waals surface area (Å²) in [6.07, 6.45) is 0.470. The molecule has 1 heterocycles. The van der Waals surface area contributed by atoms with E-state index >= 15 is 0 Å². The summed E-state index contributed by atoms with van der Waals surface area (Å²) in [6, 6.07) is 7.38. The Labute approximate surface area is 82.0 Å². The number of nitrogens with zero attached hydrogens (tertiary/aromatic N) is 1. The van der Waals surface area contributed by atoms with Crippen molar-refractivity contribution in [3.8, 4) is 0 Å². The molecule has 0 amide bonds. The number of benzene rings is 1. The summed E-state index contributed by atoms with van der Waals surface area (Å²) in [6.45, 7) is 0. The van der Waals surface area contributed by atoms with Crippen LogP contribution in [0.15, 0.2) is 29.3 Å². The number of aliphatic imine (C=N–C) groups is 1. The first-order valence-corrected chi connectivity index (χ1v) is 5.70. The number of hydrogen-bond acceptors (Lipinski definition) is 4. The third kappa shape index (κ3) is 2.00. The second kappa shape index (κ2) is 3.18. The SMILES string of the molecule is O=S(=O)([O-])CC1=Nc2ccccc2C1. The highest BCUT2D eigenvalue weighted by Crippen LogP contribution is 2.25. The topological polar surface area (TPSA) is 69.6 Å². The Bertz CT molecular complexity index is 491. The van der Waals surface area contributed by atoms with E-state index in [-0.39, 0.29) is 0 Å². The summed E-state index contributed by atoms with van der Waals surface area (Å²) >= 11 is 0. The molecular weight excluding hydrogens is 202 g/mol. The van der Waals surface area contributed by atoms with E-state index in [1.54, 1.807) is 6.07 Å². The molecule has 0 bridgehead atoms. The lowest BCUT2D eigenvalue weighted by molar-refractivity contribution is 0.467. The molecule has 1 aliphatic heterocycles. The normalized spacial score (nSPS) is 15.1. The predicted molar refractivity (Wildman–Crippen MR) is 51.8 cm³/mol. The smallest absolute Gasteiger partial charge is 0.100 e. The van der Waals surface area contributed by atoms with Gasteiger partial charge in [-0.15, -0.1) is 0 Å². The van der Waals surface area contributed by atoms with Crippen LogP contribution in [0.25, 0.3) is 0 Å². The molecule has 74 valence electrons. The van der Waals surface area contributed by atoms with Gasteiger partial charge in [0.15, 0.2) is 0 Å². The largest absolute Gasteiger partial charge is 0.748 e. The fourth-order valence-electron chi connectivity index (χ4n) is 1.49. The van der Waals surface area contributed by atoms with Gasteiger partial charge in [0.05, 0.1) is 11.4 Å². The molecule has 0 N–H and O–H groups in total. The van der Waals surface area contributed by atoms with Crippen LogP contribution in [0.4, 0.5) is 5.69 Å². The van der Waals surface area contributed by atoms with Gasteiger partial charge in [0, 0.05) is 12.1 Å². The van der Waals surface area contributed by atoms with Crippen molar-refractivity contribution in [3.05, 3.63) is 29.8 Å². The van der Waals surface area contributed by atoms with Crippen LogP contribution in [-0.2, 0) is 16.5 Å². The van der Waals surface area contributed by atoms with E-state index in [2.05, 4.69) is 4.99 Å². The van der Waals surface area contributed by atoms with Gasteiger partial charge in [-0.2, -0.15) is 0 Å². The van der Waals surface area contributed by atoms with Crippen molar-refractivity contribution in [2.24, 2.45) is 4.99 Å². The monoisotopic (exact) mass is 210 g/mol. The third-order valence-electron chi connectivity index (χ3n) is 2.01. The molecule has 1 aliphatic rings. The maximum atomic E-state index is 10.5. The summed E-state index contributed by atoms with van der Waals surface area (Å²) < 4.78 is 31.5. The van der Waals surface area contributed by atoms with Crippen LogP contribution in [0.2, 0.25) is 0 Å². The Morgan fingerprint density at radius 2 is 2.07 bits per heavy atom. The summed E-state index contributed by atoms with van der Waals surface area (Å²) in [7, 11) is -4.21. The Hall–Kier alpha value is -1.20. The third-order valence-corrected chi connectivity index (χ3v) is 2.69. The van der Waals surface area contributed by atoms with Crippen molar-refractivity contribution >= 4 is 21.5 Å². The molecule has 0 saturated heterocycles. The van der Waals surface area contributed by atoms with Gasteiger partial charge in [-0.25, -0.2) is 8.42 Å². The molecule has 0 atom stereocenters.